The van der Waals surface area contributed by atoms with Gasteiger partial charge in [-0.2, -0.15) is 5.10 Å². The fourth-order valence-electron chi connectivity index (χ4n) is 2.93. The number of carbonyl (C=O) groups excluding carboxylic acids is 1. The minimum absolute atomic E-state index is 0.108. The number of ketones is 1. The maximum Gasteiger partial charge on any atom is 0.133 e. The minimum Gasteiger partial charge on any atom is -0.300 e. The van der Waals surface area contributed by atoms with Gasteiger partial charge in [0.1, 0.15) is 5.78 Å². The molecule has 1 aliphatic rings. The summed E-state index contributed by atoms with van der Waals surface area (Å²) in [6, 6.07) is 2.67. The Balaban J connectivity index is 2.03. The minimum atomic E-state index is 0.108. The molecule has 3 heteroatoms. The van der Waals surface area contributed by atoms with Gasteiger partial charge in [0.15, 0.2) is 0 Å². The van der Waals surface area contributed by atoms with Crippen LogP contribution in [0.4, 0.5) is 0 Å². The van der Waals surface area contributed by atoms with Gasteiger partial charge in [-0.1, -0.05) is 26.7 Å². The summed E-state index contributed by atoms with van der Waals surface area (Å²) in [5.74, 6) is 0.775. The molecule has 1 atom stereocenters. The average Bonchev–Trinajstić information content (AvgIpc) is 2.95. The molecule has 0 aromatic carbocycles. The van der Waals surface area contributed by atoms with E-state index in [-0.39, 0.29) is 11.7 Å². The summed E-state index contributed by atoms with van der Waals surface area (Å²) in [6.45, 7) is 5.92. The van der Waals surface area contributed by atoms with Crippen LogP contribution in [0.3, 0.4) is 0 Å². The molecule has 0 aliphatic heterocycles. The summed E-state index contributed by atoms with van der Waals surface area (Å²) >= 11 is 0. The first-order chi connectivity index (χ1) is 8.58. The van der Waals surface area contributed by atoms with E-state index >= 15 is 0 Å². The van der Waals surface area contributed by atoms with Crippen molar-refractivity contribution in [1.29, 1.82) is 0 Å². The Labute approximate surface area is 110 Å². The topological polar surface area (TPSA) is 34.9 Å². The third-order valence-electron chi connectivity index (χ3n) is 4.12. The molecule has 0 saturated heterocycles. The van der Waals surface area contributed by atoms with E-state index in [1.165, 1.54) is 25.7 Å². The van der Waals surface area contributed by atoms with Gasteiger partial charge >= 0.3 is 0 Å². The maximum atomic E-state index is 11.6. The zero-order valence-corrected chi connectivity index (χ0v) is 11.7. The Morgan fingerprint density at radius 2 is 2.11 bits per heavy atom. The largest absolute Gasteiger partial charge is 0.300 e. The SMILES string of the molecule is CC(=O)C(Cc1ccn(C2CCCC2)n1)C(C)C. The third-order valence-corrected chi connectivity index (χ3v) is 4.12. The normalized spacial score (nSPS) is 18.4. The maximum absolute atomic E-state index is 11.6. The van der Waals surface area contributed by atoms with Crippen molar-refractivity contribution in [2.75, 3.05) is 0 Å². The monoisotopic (exact) mass is 248 g/mol. The van der Waals surface area contributed by atoms with Gasteiger partial charge in [-0.05, 0) is 31.7 Å². The van der Waals surface area contributed by atoms with Gasteiger partial charge in [-0.25, -0.2) is 0 Å². The summed E-state index contributed by atoms with van der Waals surface area (Å²) in [6.07, 6.45) is 8.02. The van der Waals surface area contributed by atoms with E-state index in [1.807, 2.05) is 0 Å². The number of hydrogen-bond donors (Lipinski definition) is 0. The summed E-state index contributed by atoms with van der Waals surface area (Å²) < 4.78 is 2.11. The van der Waals surface area contributed by atoms with E-state index in [2.05, 4.69) is 35.9 Å². The molecule has 3 nitrogen and oxygen atoms in total. The number of hydrogen-bond acceptors (Lipinski definition) is 2. The lowest BCUT2D eigenvalue weighted by Gasteiger charge is -2.16. The van der Waals surface area contributed by atoms with Crippen molar-refractivity contribution in [3.8, 4) is 0 Å². The second-order valence-corrected chi connectivity index (χ2v) is 5.89. The van der Waals surface area contributed by atoms with E-state index in [0.717, 1.165) is 12.1 Å². The van der Waals surface area contributed by atoms with Crippen molar-refractivity contribution in [1.82, 2.24) is 9.78 Å². The van der Waals surface area contributed by atoms with Gasteiger partial charge in [-0.15, -0.1) is 0 Å². The Morgan fingerprint density at radius 1 is 1.44 bits per heavy atom. The second kappa shape index (κ2) is 5.68. The summed E-state index contributed by atoms with van der Waals surface area (Å²) in [5.41, 5.74) is 1.07. The van der Waals surface area contributed by atoms with Crippen LogP contribution in [0.25, 0.3) is 0 Å². The van der Waals surface area contributed by atoms with Gasteiger partial charge in [0.2, 0.25) is 0 Å². The first kappa shape index (κ1) is 13.3. The number of aromatic nitrogens is 2. The van der Waals surface area contributed by atoms with Crippen LogP contribution in [-0.4, -0.2) is 15.6 Å². The van der Waals surface area contributed by atoms with Crippen LogP contribution in [0, 0.1) is 11.8 Å². The Hall–Kier alpha value is -1.12. The quantitative estimate of drug-likeness (QED) is 0.800. The highest BCUT2D eigenvalue weighted by molar-refractivity contribution is 5.78. The molecule has 100 valence electrons. The molecule has 0 N–H and O–H groups in total. The Morgan fingerprint density at radius 3 is 2.67 bits per heavy atom. The number of Topliss-reactive ketones (excluding diaryl/α,β-unsaturated/α-hetero) is 1. The molecule has 1 saturated carbocycles. The molecule has 0 spiro atoms. The fourth-order valence-corrected chi connectivity index (χ4v) is 2.93. The van der Waals surface area contributed by atoms with Gasteiger partial charge in [0, 0.05) is 18.5 Å². The van der Waals surface area contributed by atoms with Crippen molar-refractivity contribution in [2.24, 2.45) is 11.8 Å². The molecule has 1 aromatic heterocycles. The molecule has 2 rings (SSSR count). The zero-order chi connectivity index (χ0) is 13.1. The molecule has 0 bridgehead atoms. The molecule has 1 fully saturated rings. The van der Waals surface area contributed by atoms with Gasteiger partial charge in [0.05, 0.1) is 11.7 Å². The Kier molecular flexibility index (Phi) is 4.20. The summed E-state index contributed by atoms with van der Waals surface area (Å²) in [7, 11) is 0. The molecule has 1 aliphatic carbocycles. The predicted molar refractivity (Wildman–Crippen MR) is 72.4 cm³/mol. The van der Waals surface area contributed by atoms with Crippen molar-refractivity contribution < 1.29 is 4.79 Å². The van der Waals surface area contributed by atoms with E-state index in [1.54, 1.807) is 6.92 Å². The summed E-state index contributed by atoms with van der Waals surface area (Å²) in [5, 5.41) is 4.66. The van der Waals surface area contributed by atoms with Crippen LogP contribution in [-0.2, 0) is 11.2 Å². The van der Waals surface area contributed by atoms with Crippen LogP contribution in [0.15, 0.2) is 12.3 Å². The average molecular weight is 248 g/mol. The highest BCUT2D eigenvalue weighted by Crippen LogP contribution is 2.29. The van der Waals surface area contributed by atoms with E-state index in [4.69, 9.17) is 0 Å². The smallest absolute Gasteiger partial charge is 0.133 e. The molecule has 1 heterocycles. The molecular formula is C15H24N2O. The van der Waals surface area contributed by atoms with Crippen LogP contribution in [0.2, 0.25) is 0 Å². The van der Waals surface area contributed by atoms with Crippen molar-refractivity contribution in [3.05, 3.63) is 18.0 Å². The third kappa shape index (κ3) is 3.01. The summed E-state index contributed by atoms with van der Waals surface area (Å²) in [4.78, 5) is 11.6. The Bertz CT molecular complexity index is 402. The van der Waals surface area contributed by atoms with Crippen LogP contribution >= 0.6 is 0 Å². The lowest BCUT2D eigenvalue weighted by atomic mass is 9.88. The van der Waals surface area contributed by atoms with Crippen LogP contribution < -0.4 is 0 Å². The van der Waals surface area contributed by atoms with Crippen molar-refractivity contribution in [2.45, 2.75) is 58.9 Å². The van der Waals surface area contributed by atoms with Crippen molar-refractivity contribution >= 4 is 5.78 Å². The molecule has 1 unspecified atom stereocenters. The van der Waals surface area contributed by atoms with E-state index in [0.29, 0.717) is 12.0 Å². The van der Waals surface area contributed by atoms with Gasteiger partial charge in [-0.3, -0.25) is 9.48 Å². The lowest BCUT2D eigenvalue weighted by molar-refractivity contribution is -0.121. The highest BCUT2D eigenvalue weighted by Gasteiger charge is 2.22. The number of rotatable bonds is 5. The zero-order valence-electron chi connectivity index (χ0n) is 11.7. The van der Waals surface area contributed by atoms with Crippen LogP contribution in [0.1, 0.15) is 58.2 Å². The van der Waals surface area contributed by atoms with Crippen molar-refractivity contribution in [3.63, 3.8) is 0 Å². The van der Waals surface area contributed by atoms with E-state index < -0.39 is 0 Å². The molecule has 18 heavy (non-hydrogen) atoms. The lowest BCUT2D eigenvalue weighted by Crippen LogP contribution is -2.20. The van der Waals surface area contributed by atoms with Crippen LogP contribution in [0.5, 0.6) is 0 Å². The molecule has 1 aromatic rings. The van der Waals surface area contributed by atoms with E-state index in [9.17, 15) is 4.79 Å². The fraction of sp³-hybridized carbons (Fsp3) is 0.733. The number of carbonyl (C=O) groups is 1. The highest BCUT2D eigenvalue weighted by atomic mass is 16.1. The molecule has 0 amide bonds. The predicted octanol–water partition coefficient (Wildman–Crippen LogP) is 3.40. The molecule has 0 radical (unpaired) electrons. The second-order valence-electron chi connectivity index (χ2n) is 5.89. The van der Waals surface area contributed by atoms with Gasteiger partial charge < -0.3 is 0 Å². The first-order valence-electron chi connectivity index (χ1n) is 7.12. The number of nitrogens with zero attached hydrogens (tertiary/aromatic N) is 2. The first-order valence-corrected chi connectivity index (χ1v) is 7.12. The molecular weight excluding hydrogens is 224 g/mol. The van der Waals surface area contributed by atoms with Gasteiger partial charge in [0.25, 0.3) is 0 Å². The standard InChI is InChI=1S/C15H24N2O/c1-11(2)15(12(3)18)10-13-8-9-17(16-13)14-6-4-5-7-14/h8-9,11,14-15H,4-7,10H2,1-3H3.